The van der Waals surface area contributed by atoms with Crippen molar-refractivity contribution in [2.75, 3.05) is 19.0 Å². The minimum absolute atomic E-state index is 0.124. The van der Waals surface area contributed by atoms with Gasteiger partial charge >= 0.3 is 6.18 Å². The lowest BCUT2D eigenvalue weighted by atomic mass is 10.4. The minimum Gasteiger partial charge on any atom is -0.281 e. The number of hydrogen-bond acceptors (Lipinski definition) is 3. The number of aromatic amines is 1. The van der Waals surface area contributed by atoms with Crippen LogP contribution in [0.15, 0.2) is 4.90 Å². The summed E-state index contributed by atoms with van der Waals surface area (Å²) in [7, 11) is -4.28. The molecule has 0 aliphatic rings. The van der Waals surface area contributed by atoms with Gasteiger partial charge in [0, 0.05) is 12.4 Å². The molecule has 0 fully saturated rings. The maximum Gasteiger partial charge on any atom is 0.402 e. The molecule has 1 rings (SSSR count). The van der Waals surface area contributed by atoms with Crippen molar-refractivity contribution in [1.29, 1.82) is 0 Å². The summed E-state index contributed by atoms with van der Waals surface area (Å²) in [5, 5.41) is 6.11. The largest absolute Gasteiger partial charge is 0.402 e. The Morgan fingerprint density at radius 2 is 1.95 bits per heavy atom. The molecular weight excluding hydrogens is 307 g/mol. The van der Waals surface area contributed by atoms with Gasteiger partial charge in [-0.1, -0.05) is 0 Å². The maximum absolute atomic E-state index is 12.4. The minimum atomic E-state index is -4.63. The summed E-state index contributed by atoms with van der Waals surface area (Å²) in [5.41, 5.74) is 0.318. The van der Waals surface area contributed by atoms with Crippen molar-refractivity contribution < 1.29 is 21.6 Å². The van der Waals surface area contributed by atoms with E-state index in [4.69, 9.17) is 11.6 Å². The molecule has 0 amide bonds. The van der Waals surface area contributed by atoms with E-state index in [1.807, 2.05) is 0 Å². The second-order valence-electron chi connectivity index (χ2n) is 3.91. The predicted molar refractivity (Wildman–Crippen MR) is 63.6 cm³/mol. The first-order chi connectivity index (χ1) is 8.59. The van der Waals surface area contributed by atoms with Crippen molar-refractivity contribution in [3.05, 3.63) is 11.4 Å². The fraction of sp³-hybridized carbons (Fsp3) is 0.667. The average molecular weight is 320 g/mol. The molecule has 0 aliphatic heterocycles. The van der Waals surface area contributed by atoms with Crippen LogP contribution in [0.5, 0.6) is 0 Å². The van der Waals surface area contributed by atoms with E-state index in [9.17, 15) is 21.6 Å². The molecule has 5 nitrogen and oxygen atoms in total. The third-order valence-corrected chi connectivity index (χ3v) is 4.63. The zero-order chi connectivity index (χ0) is 14.8. The lowest BCUT2D eigenvalue weighted by molar-refractivity contribution is -0.135. The Morgan fingerprint density at radius 3 is 2.32 bits per heavy atom. The summed E-state index contributed by atoms with van der Waals surface area (Å²) >= 11 is 5.38. The lowest BCUT2D eigenvalue weighted by Gasteiger charge is -2.22. The normalized spacial score (nSPS) is 13.2. The van der Waals surface area contributed by atoms with Crippen LogP contribution >= 0.6 is 11.6 Å². The van der Waals surface area contributed by atoms with Crippen molar-refractivity contribution in [3.8, 4) is 0 Å². The van der Waals surface area contributed by atoms with Gasteiger partial charge in [0.25, 0.3) is 0 Å². The van der Waals surface area contributed by atoms with Crippen molar-refractivity contribution in [2.24, 2.45) is 0 Å². The van der Waals surface area contributed by atoms with Crippen LogP contribution < -0.4 is 0 Å². The molecule has 1 heterocycles. The molecule has 110 valence electrons. The van der Waals surface area contributed by atoms with Crippen LogP contribution in [-0.2, 0) is 10.0 Å². The first kappa shape index (κ1) is 16.3. The second kappa shape index (κ2) is 5.68. The van der Waals surface area contributed by atoms with Crippen molar-refractivity contribution in [2.45, 2.75) is 24.9 Å². The summed E-state index contributed by atoms with van der Waals surface area (Å²) < 4.78 is 62.0. The molecule has 0 saturated heterocycles. The number of nitrogens with zero attached hydrogens (tertiary/aromatic N) is 2. The number of sulfonamides is 1. The monoisotopic (exact) mass is 319 g/mol. The van der Waals surface area contributed by atoms with Crippen molar-refractivity contribution in [1.82, 2.24) is 14.5 Å². The van der Waals surface area contributed by atoms with Crippen LogP contribution in [0.25, 0.3) is 0 Å². The van der Waals surface area contributed by atoms with Crippen LogP contribution in [0, 0.1) is 13.8 Å². The summed E-state index contributed by atoms with van der Waals surface area (Å²) in [5.74, 6) is -0.231. The molecule has 0 atom stereocenters. The molecule has 0 radical (unpaired) electrons. The highest BCUT2D eigenvalue weighted by molar-refractivity contribution is 7.89. The van der Waals surface area contributed by atoms with Crippen LogP contribution in [0.3, 0.4) is 0 Å². The van der Waals surface area contributed by atoms with E-state index >= 15 is 0 Å². The summed E-state index contributed by atoms with van der Waals surface area (Å²) in [6.07, 6.45) is -4.63. The molecule has 1 aromatic heterocycles. The van der Waals surface area contributed by atoms with Crippen LogP contribution in [-0.4, -0.2) is 48.1 Å². The molecule has 0 unspecified atom stereocenters. The Morgan fingerprint density at radius 1 is 1.37 bits per heavy atom. The number of aromatic nitrogens is 2. The van der Waals surface area contributed by atoms with Gasteiger partial charge in [0.05, 0.1) is 11.4 Å². The maximum atomic E-state index is 12.4. The predicted octanol–water partition coefficient (Wildman–Crippen LogP) is 1.82. The zero-order valence-electron chi connectivity index (χ0n) is 10.3. The third-order valence-electron chi connectivity index (χ3n) is 2.35. The molecule has 0 aliphatic carbocycles. The molecule has 19 heavy (non-hydrogen) atoms. The van der Waals surface area contributed by atoms with E-state index in [0.717, 1.165) is 0 Å². The zero-order valence-corrected chi connectivity index (χ0v) is 11.8. The van der Waals surface area contributed by atoms with Gasteiger partial charge in [-0.25, -0.2) is 8.42 Å². The molecule has 1 aromatic rings. The van der Waals surface area contributed by atoms with Gasteiger partial charge in [-0.15, -0.1) is 11.6 Å². The standard InChI is InChI=1S/C9H13ClF3N3O2S/c1-6-8(7(2)15-14-6)19(17,18)16(4-3-10)5-9(11,12)13/h3-5H2,1-2H3,(H,14,15). The van der Waals surface area contributed by atoms with E-state index in [-0.39, 0.29) is 22.2 Å². The van der Waals surface area contributed by atoms with Crippen molar-refractivity contribution in [3.63, 3.8) is 0 Å². The lowest BCUT2D eigenvalue weighted by Crippen LogP contribution is -2.40. The summed E-state index contributed by atoms with van der Waals surface area (Å²) in [4.78, 5) is -0.234. The number of rotatable bonds is 5. The molecule has 0 aromatic carbocycles. The first-order valence-electron chi connectivity index (χ1n) is 5.24. The molecule has 0 spiro atoms. The second-order valence-corrected chi connectivity index (χ2v) is 6.16. The van der Waals surface area contributed by atoms with E-state index in [2.05, 4.69) is 10.2 Å². The summed E-state index contributed by atoms with van der Waals surface area (Å²) in [6.45, 7) is 0.835. The highest BCUT2D eigenvalue weighted by atomic mass is 35.5. The van der Waals surface area contributed by atoms with Crippen LogP contribution in [0.4, 0.5) is 13.2 Å². The average Bonchev–Trinajstić information content (AvgIpc) is 2.56. The van der Waals surface area contributed by atoms with Gasteiger partial charge in [0.1, 0.15) is 11.4 Å². The molecule has 0 bridgehead atoms. The highest BCUT2D eigenvalue weighted by Gasteiger charge is 2.38. The summed E-state index contributed by atoms with van der Waals surface area (Å²) in [6, 6.07) is 0. The number of nitrogens with one attached hydrogen (secondary N) is 1. The number of halogens is 4. The topological polar surface area (TPSA) is 66.1 Å². The smallest absolute Gasteiger partial charge is 0.281 e. The van der Waals surface area contributed by atoms with Gasteiger partial charge < -0.3 is 0 Å². The number of hydrogen-bond donors (Lipinski definition) is 1. The van der Waals surface area contributed by atoms with Gasteiger partial charge in [-0.3, -0.25) is 5.10 Å². The van der Waals surface area contributed by atoms with E-state index < -0.39 is 29.3 Å². The van der Waals surface area contributed by atoms with E-state index in [0.29, 0.717) is 4.31 Å². The highest BCUT2D eigenvalue weighted by Crippen LogP contribution is 2.25. The fourth-order valence-electron chi connectivity index (χ4n) is 1.63. The Balaban J connectivity index is 3.21. The van der Waals surface area contributed by atoms with Crippen LogP contribution in [0.2, 0.25) is 0 Å². The molecule has 1 N–H and O–H groups in total. The first-order valence-corrected chi connectivity index (χ1v) is 7.21. The van der Waals surface area contributed by atoms with Gasteiger partial charge in [-0.2, -0.15) is 22.6 Å². The van der Waals surface area contributed by atoms with Gasteiger partial charge in [0.15, 0.2) is 0 Å². The Hall–Kier alpha value is -0.800. The number of alkyl halides is 4. The molecule has 0 saturated carbocycles. The molecule has 10 heteroatoms. The SMILES string of the molecule is Cc1n[nH]c(C)c1S(=O)(=O)N(CCCl)CC(F)(F)F. The van der Waals surface area contributed by atoms with E-state index in [1.54, 1.807) is 0 Å². The van der Waals surface area contributed by atoms with E-state index in [1.165, 1.54) is 13.8 Å². The van der Waals surface area contributed by atoms with Gasteiger partial charge in [-0.05, 0) is 13.8 Å². The number of H-pyrrole nitrogens is 1. The van der Waals surface area contributed by atoms with Crippen molar-refractivity contribution >= 4 is 21.6 Å². The Bertz CT molecular complexity index is 522. The third kappa shape index (κ3) is 3.83. The molecular formula is C9H13ClF3N3O2S. The fourth-order valence-corrected chi connectivity index (χ4v) is 3.69. The quantitative estimate of drug-likeness (QED) is 0.842. The Labute approximate surface area is 113 Å². The number of aryl methyl sites for hydroxylation is 2. The van der Waals surface area contributed by atoms with Gasteiger partial charge in [0.2, 0.25) is 10.0 Å². The Kier molecular flexibility index (Phi) is 4.86. The van der Waals surface area contributed by atoms with Crippen LogP contribution in [0.1, 0.15) is 11.4 Å².